The molecular weight excluding hydrogens is 212 g/mol. The van der Waals surface area contributed by atoms with E-state index in [-0.39, 0.29) is 5.41 Å². The Kier molecular flexibility index (Phi) is 2.88. The number of carbonyl (C=O) groups excluding carboxylic acids is 1. The van der Waals surface area contributed by atoms with Crippen molar-refractivity contribution in [3.8, 4) is 11.1 Å². The number of hydrogen-bond donors (Lipinski definition) is 0. The van der Waals surface area contributed by atoms with E-state index in [1.807, 2.05) is 18.2 Å². The molecule has 0 bridgehead atoms. The minimum Gasteiger partial charge on any atom is -0.461 e. The molecule has 17 heavy (non-hydrogen) atoms. The molecular formula is C15H16O2. The molecule has 0 N–H and O–H groups in total. The minimum atomic E-state index is 0.141. The van der Waals surface area contributed by atoms with Crippen LogP contribution < -0.4 is 0 Å². The first-order chi connectivity index (χ1) is 8.02. The molecule has 2 aromatic rings. The number of aldehydes is 1. The van der Waals surface area contributed by atoms with Crippen LogP contribution in [0.15, 0.2) is 41.0 Å². The Labute approximate surface area is 101 Å². The molecule has 0 aliphatic carbocycles. The molecule has 2 rings (SSSR count). The van der Waals surface area contributed by atoms with Gasteiger partial charge in [0.25, 0.3) is 0 Å². The summed E-state index contributed by atoms with van der Waals surface area (Å²) >= 11 is 0. The second kappa shape index (κ2) is 4.21. The third kappa shape index (κ3) is 2.31. The van der Waals surface area contributed by atoms with E-state index in [0.717, 1.165) is 17.4 Å². The highest BCUT2D eigenvalue weighted by molar-refractivity contribution is 5.84. The topological polar surface area (TPSA) is 30.2 Å². The fourth-order valence-corrected chi connectivity index (χ4v) is 1.80. The van der Waals surface area contributed by atoms with Gasteiger partial charge in [-0.1, -0.05) is 45.0 Å². The average molecular weight is 228 g/mol. The average Bonchev–Trinajstić information content (AvgIpc) is 2.76. The highest BCUT2D eigenvalue weighted by atomic mass is 16.3. The zero-order valence-corrected chi connectivity index (χ0v) is 10.4. The van der Waals surface area contributed by atoms with Gasteiger partial charge < -0.3 is 4.42 Å². The summed E-state index contributed by atoms with van der Waals surface area (Å²) in [7, 11) is 0. The van der Waals surface area contributed by atoms with E-state index in [0.29, 0.717) is 5.76 Å². The Morgan fingerprint density at radius 1 is 1.06 bits per heavy atom. The molecule has 88 valence electrons. The lowest BCUT2D eigenvalue weighted by atomic mass is 9.86. The van der Waals surface area contributed by atoms with Crippen molar-refractivity contribution in [2.45, 2.75) is 26.2 Å². The van der Waals surface area contributed by atoms with Crippen LogP contribution in [0.4, 0.5) is 0 Å². The van der Waals surface area contributed by atoms with Crippen LogP contribution in [-0.4, -0.2) is 6.29 Å². The first-order valence-electron chi connectivity index (χ1n) is 5.66. The van der Waals surface area contributed by atoms with Crippen LogP contribution in [0.2, 0.25) is 0 Å². The summed E-state index contributed by atoms with van der Waals surface area (Å²) in [6.45, 7) is 6.53. The molecule has 0 saturated carbocycles. The van der Waals surface area contributed by atoms with Gasteiger partial charge in [0, 0.05) is 5.56 Å². The van der Waals surface area contributed by atoms with E-state index >= 15 is 0 Å². The zero-order valence-electron chi connectivity index (χ0n) is 10.4. The maximum atomic E-state index is 10.8. The van der Waals surface area contributed by atoms with Crippen LogP contribution in [0.1, 0.15) is 36.9 Å². The molecule has 0 aliphatic rings. The second-order valence-electron chi connectivity index (χ2n) is 5.14. The first kappa shape index (κ1) is 11.6. The molecule has 0 spiro atoms. The molecule has 2 heteroatoms. The smallest absolute Gasteiger partial charge is 0.185 e. The molecule has 0 radical (unpaired) electrons. The van der Waals surface area contributed by atoms with Crippen LogP contribution in [0, 0.1) is 0 Å². The Morgan fingerprint density at radius 3 is 2.24 bits per heavy atom. The molecule has 2 nitrogen and oxygen atoms in total. The highest BCUT2D eigenvalue weighted by Gasteiger charge is 2.14. The number of carbonyl (C=O) groups is 1. The van der Waals surface area contributed by atoms with Gasteiger partial charge in [-0.05, 0) is 22.6 Å². The maximum Gasteiger partial charge on any atom is 0.185 e. The molecule has 1 aromatic carbocycles. The molecule has 0 amide bonds. The fourth-order valence-electron chi connectivity index (χ4n) is 1.80. The van der Waals surface area contributed by atoms with Crippen molar-refractivity contribution in [1.82, 2.24) is 0 Å². The van der Waals surface area contributed by atoms with E-state index < -0.39 is 0 Å². The summed E-state index contributed by atoms with van der Waals surface area (Å²) in [4.78, 5) is 10.8. The lowest BCUT2D eigenvalue weighted by molar-refractivity contribution is 0.110. The highest BCUT2D eigenvalue weighted by Crippen LogP contribution is 2.27. The Morgan fingerprint density at radius 2 is 1.71 bits per heavy atom. The Hall–Kier alpha value is -1.83. The van der Waals surface area contributed by atoms with Gasteiger partial charge in [-0.2, -0.15) is 0 Å². The number of furan rings is 1. The summed E-state index contributed by atoms with van der Waals surface area (Å²) in [6, 6.07) is 10.1. The summed E-state index contributed by atoms with van der Waals surface area (Å²) in [6.07, 6.45) is 2.28. The largest absolute Gasteiger partial charge is 0.461 e. The minimum absolute atomic E-state index is 0.141. The summed E-state index contributed by atoms with van der Waals surface area (Å²) in [5.74, 6) is 0.383. The molecule has 0 atom stereocenters. The van der Waals surface area contributed by atoms with Crippen molar-refractivity contribution in [2.24, 2.45) is 0 Å². The van der Waals surface area contributed by atoms with Gasteiger partial charge in [0.05, 0.1) is 6.26 Å². The normalized spacial score (nSPS) is 11.5. The monoisotopic (exact) mass is 228 g/mol. The third-order valence-electron chi connectivity index (χ3n) is 2.86. The number of hydrogen-bond acceptors (Lipinski definition) is 2. The van der Waals surface area contributed by atoms with Gasteiger partial charge in [-0.25, -0.2) is 0 Å². The molecule has 0 fully saturated rings. The van der Waals surface area contributed by atoms with E-state index in [2.05, 4.69) is 32.9 Å². The SMILES string of the molecule is CC(C)(C)c1ccc(-c2ccoc2C=O)cc1. The van der Waals surface area contributed by atoms with E-state index in [1.54, 1.807) is 0 Å². The van der Waals surface area contributed by atoms with Crippen molar-refractivity contribution in [3.63, 3.8) is 0 Å². The van der Waals surface area contributed by atoms with Gasteiger partial charge >= 0.3 is 0 Å². The van der Waals surface area contributed by atoms with Crippen molar-refractivity contribution in [3.05, 3.63) is 47.9 Å². The van der Waals surface area contributed by atoms with Crippen LogP contribution >= 0.6 is 0 Å². The van der Waals surface area contributed by atoms with Crippen LogP contribution in [0.3, 0.4) is 0 Å². The quantitative estimate of drug-likeness (QED) is 0.726. The maximum absolute atomic E-state index is 10.8. The molecule has 0 saturated heterocycles. The molecule has 0 unspecified atom stereocenters. The van der Waals surface area contributed by atoms with Gasteiger partial charge in [-0.15, -0.1) is 0 Å². The van der Waals surface area contributed by atoms with Gasteiger partial charge in [-0.3, -0.25) is 4.79 Å². The lowest BCUT2D eigenvalue weighted by Crippen LogP contribution is -2.10. The van der Waals surface area contributed by atoms with Crippen LogP contribution in [0.5, 0.6) is 0 Å². The molecule has 0 aliphatic heterocycles. The molecule has 1 heterocycles. The van der Waals surface area contributed by atoms with Crippen LogP contribution in [-0.2, 0) is 5.41 Å². The van der Waals surface area contributed by atoms with Gasteiger partial charge in [0.2, 0.25) is 0 Å². The van der Waals surface area contributed by atoms with E-state index in [1.165, 1.54) is 11.8 Å². The van der Waals surface area contributed by atoms with Gasteiger partial charge in [0.1, 0.15) is 0 Å². The Balaban J connectivity index is 2.39. The van der Waals surface area contributed by atoms with Crippen molar-refractivity contribution >= 4 is 6.29 Å². The number of rotatable bonds is 2. The third-order valence-corrected chi connectivity index (χ3v) is 2.86. The predicted molar refractivity (Wildman–Crippen MR) is 68.2 cm³/mol. The first-order valence-corrected chi connectivity index (χ1v) is 5.66. The van der Waals surface area contributed by atoms with Crippen molar-refractivity contribution in [2.75, 3.05) is 0 Å². The summed E-state index contributed by atoms with van der Waals surface area (Å²) < 4.78 is 5.10. The standard InChI is InChI=1S/C15H16O2/c1-15(2,3)12-6-4-11(5-7-12)13-8-9-17-14(13)10-16/h4-10H,1-3H3. The Bertz CT molecular complexity index is 513. The van der Waals surface area contributed by atoms with Gasteiger partial charge in [0.15, 0.2) is 12.0 Å². The van der Waals surface area contributed by atoms with E-state index in [4.69, 9.17) is 4.42 Å². The fraction of sp³-hybridized carbons (Fsp3) is 0.267. The van der Waals surface area contributed by atoms with E-state index in [9.17, 15) is 4.79 Å². The predicted octanol–water partition coefficient (Wildman–Crippen LogP) is 4.06. The zero-order chi connectivity index (χ0) is 12.5. The molecule has 1 aromatic heterocycles. The van der Waals surface area contributed by atoms with Crippen molar-refractivity contribution in [1.29, 1.82) is 0 Å². The summed E-state index contributed by atoms with van der Waals surface area (Å²) in [5.41, 5.74) is 3.27. The summed E-state index contributed by atoms with van der Waals surface area (Å²) in [5, 5.41) is 0. The lowest BCUT2D eigenvalue weighted by Gasteiger charge is -2.19. The van der Waals surface area contributed by atoms with Crippen molar-refractivity contribution < 1.29 is 9.21 Å². The second-order valence-corrected chi connectivity index (χ2v) is 5.14. The number of benzene rings is 1. The van der Waals surface area contributed by atoms with Crippen LogP contribution in [0.25, 0.3) is 11.1 Å².